The van der Waals surface area contributed by atoms with Crippen LogP contribution in [-0.4, -0.2) is 22.7 Å². The predicted molar refractivity (Wildman–Crippen MR) is 83.2 cm³/mol. The van der Waals surface area contributed by atoms with Crippen LogP contribution in [0.3, 0.4) is 0 Å². The van der Waals surface area contributed by atoms with Gasteiger partial charge in [-0.15, -0.1) is 22.9 Å². The molecule has 1 aromatic rings. The molecule has 0 N–H and O–H groups in total. The van der Waals surface area contributed by atoms with E-state index < -0.39 is 8.07 Å². The van der Waals surface area contributed by atoms with E-state index in [2.05, 4.69) is 73.7 Å². The fourth-order valence-electron chi connectivity index (χ4n) is 2.46. The Morgan fingerprint density at radius 2 is 1.60 bits per heavy atom. The molecule has 0 nitrogen and oxygen atoms in total. The predicted octanol–water partition coefficient (Wildman–Crippen LogP) is -4.78. The molecule has 0 aliphatic heterocycles. The largest absolute Gasteiger partial charge is 3.00 e. The third kappa shape index (κ3) is 4.36. The van der Waals surface area contributed by atoms with Crippen LogP contribution in [0.2, 0.25) is 19.6 Å². The molecule has 1 radical (unpaired) electrons. The smallest absolute Gasteiger partial charge is 1.00 e. The molecule has 0 fully saturated rings. The van der Waals surface area contributed by atoms with E-state index in [1.54, 1.807) is 4.79 Å². The zero-order valence-electron chi connectivity index (χ0n) is 12.8. The average Bonchev–Trinajstić information content (AvgIpc) is 2.44. The summed E-state index contributed by atoms with van der Waals surface area (Å²) >= 11 is 0. The van der Waals surface area contributed by atoms with E-state index in [-0.39, 0.29) is 56.4 Å². The maximum Gasteiger partial charge on any atom is 3.00 e. The number of halogens is 2. The number of benzene rings is 1. The van der Waals surface area contributed by atoms with Gasteiger partial charge in [-0.25, -0.2) is 0 Å². The third-order valence-electron chi connectivity index (χ3n) is 3.48. The van der Waals surface area contributed by atoms with Gasteiger partial charge in [-0.3, -0.25) is 0 Å². The topological polar surface area (TPSA) is 0 Å². The molecular formula is C15H21Cl2Si2Zr. The summed E-state index contributed by atoms with van der Waals surface area (Å²) in [5.41, 5.74) is 1.60. The molecule has 107 valence electrons. The maximum absolute atomic E-state index is 3.65. The molecule has 1 aromatic carbocycles. The minimum atomic E-state index is -1.23. The molecule has 5 heteroatoms. The van der Waals surface area contributed by atoms with Crippen LogP contribution >= 0.6 is 0 Å². The fraction of sp³-hybridized carbons (Fsp3) is 0.400. The van der Waals surface area contributed by atoms with E-state index in [1.165, 1.54) is 16.0 Å². The van der Waals surface area contributed by atoms with E-state index in [9.17, 15) is 0 Å². The summed E-state index contributed by atoms with van der Waals surface area (Å²) in [6.07, 6.45) is 3.65. The molecule has 0 saturated carbocycles. The number of rotatable bonds is 2. The zero-order valence-corrected chi connectivity index (χ0v) is 19.2. The van der Waals surface area contributed by atoms with Gasteiger partial charge in [0, 0.05) is 0 Å². The first kappa shape index (κ1) is 23.0. The first-order valence-corrected chi connectivity index (χ1v) is 10.4. The summed E-state index contributed by atoms with van der Waals surface area (Å²) in [5.74, 6) is 0. The van der Waals surface area contributed by atoms with Crippen molar-refractivity contribution in [1.82, 2.24) is 0 Å². The molecule has 0 saturated heterocycles. The molecule has 1 aliphatic rings. The van der Waals surface area contributed by atoms with Gasteiger partial charge in [-0.2, -0.15) is 17.4 Å². The SMILES string of the molecule is CC1(C)[C-]=c2ccccc2=C1C(=[SiH2])[Si](C)(C)C.[Cl-].[Cl-].[Zr+3]. The van der Waals surface area contributed by atoms with Gasteiger partial charge in [-0.1, -0.05) is 49.8 Å². The minimum absolute atomic E-state index is 0. The van der Waals surface area contributed by atoms with Crippen LogP contribution < -0.4 is 35.3 Å². The quantitative estimate of drug-likeness (QED) is 0.334. The Labute approximate surface area is 158 Å². The summed E-state index contributed by atoms with van der Waals surface area (Å²) in [7, 11) is 0.867. The van der Waals surface area contributed by atoms with Gasteiger partial charge in [0.2, 0.25) is 0 Å². The van der Waals surface area contributed by atoms with Crippen molar-refractivity contribution >= 4 is 34.4 Å². The molecule has 0 aromatic heterocycles. The van der Waals surface area contributed by atoms with Crippen LogP contribution in [0, 0.1) is 5.41 Å². The number of fused-ring (bicyclic) bond motifs is 1. The average molecular weight is 420 g/mol. The van der Waals surface area contributed by atoms with Crippen molar-refractivity contribution in [2.45, 2.75) is 33.5 Å². The van der Waals surface area contributed by atoms with Gasteiger partial charge in [0.25, 0.3) is 0 Å². The second-order valence-electron chi connectivity index (χ2n) is 6.40. The zero-order chi connectivity index (χ0) is 12.8. The molecule has 20 heavy (non-hydrogen) atoms. The van der Waals surface area contributed by atoms with Crippen molar-refractivity contribution in [2.24, 2.45) is 5.41 Å². The van der Waals surface area contributed by atoms with Crippen molar-refractivity contribution in [2.75, 3.05) is 0 Å². The van der Waals surface area contributed by atoms with Crippen molar-refractivity contribution in [1.29, 1.82) is 0 Å². The van der Waals surface area contributed by atoms with E-state index in [0.717, 1.165) is 0 Å². The summed E-state index contributed by atoms with van der Waals surface area (Å²) < 4.78 is 0. The van der Waals surface area contributed by atoms with Crippen LogP contribution in [0.1, 0.15) is 13.8 Å². The molecule has 1 aliphatic carbocycles. The Kier molecular flexibility index (Phi) is 9.00. The van der Waals surface area contributed by atoms with Crippen LogP contribution in [0.15, 0.2) is 24.3 Å². The monoisotopic (exact) mass is 417 g/mol. The van der Waals surface area contributed by atoms with Crippen molar-refractivity contribution in [3.8, 4) is 0 Å². The van der Waals surface area contributed by atoms with Crippen molar-refractivity contribution in [3.63, 3.8) is 0 Å². The van der Waals surface area contributed by atoms with Crippen molar-refractivity contribution in [3.05, 3.63) is 34.7 Å². The van der Waals surface area contributed by atoms with Gasteiger partial charge in [0.15, 0.2) is 0 Å². The molecular weight excluding hydrogens is 398 g/mol. The molecule has 0 bridgehead atoms. The van der Waals surface area contributed by atoms with Gasteiger partial charge in [0.1, 0.15) is 0 Å². The van der Waals surface area contributed by atoms with E-state index in [0.29, 0.717) is 0 Å². The first-order valence-electron chi connectivity index (χ1n) is 6.18. The van der Waals surface area contributed by atoms with Crippen molar-refractivity contribution < 1.29 is 51.0 Å². The summed E-state index contributed by atoms with van der Waals surface area (Å²) in [5, 5.41) is 2.69. The fourth-order valence-corrected chi connectivity index (χ4v) is 4.29. The summed E-state index contributed by atoms with van der Waals surface area (Å²) in [4.78, 5) is 1.64. The van der Waals surface area contributed by atoms with Gasteiger partial charge in [-0.05, 0) is 9.85 Å². The van der Waals surface area contributed by atoms with Gasteiger partial charge in [0.05, 0.1) is 8.07 Å². The molecule has 0 spiro atoms. The standard InChI is InChI=1S/C15H21Si2.2ClH.Zr/c1-15(2)10-11-8-6-7-9-12(11)13(15)14(16)17(3,4)5;;;/h6-9H,16H2,1-5H3;2*1H;/q-1;;;+3/p-2. The Morgan fingerprint density at radius 3 is 2.10 bits per heavy atom. The number of hydrogen-bond donors (Lipinski definition) is 0. The van der Waals surface area contributed by atoms with Gasteiger partial charge >= 0.3 is 26.2 Å². The normalized spacial score (nSPS) is 14.9. The maximum atomic E-state index is 3.65. The van der Waals surface area contributed by atoms with Crippen LogP contribution in [-0.2, 0) is 26.2 Å². The molecule has 0 unspecified atom stereocenters. The van der Waals surface area contributed by atoms with Crippen LogP contribution in [0.5, 0.6) is 0 Å². The Morgan fingerprint density at radius 1 is 1.10 bits per heavy atom. The van der Waals surface area contributed by atoms with E-state index in [4.69, 9.17) is 0 Å². The molecule has 0 amide bonds. The Bertz CT molecular complexity index is 601. The Balaban J connectivity index is 0. The molecule has 0 atom stereocenters. The Hall–Kier alpha value is 0.727. The van der Waals surface area contributed by atoms with E-state index >= 15 is 0 Å². The number of hydrogen-bond acceptors (Lipinski definition) is 0. The molecule has 2 rings (SSSR count). The van der Waals surface area contributed by atoms with Crippen LogP contribution in [0.4, 0.5) is 0 Å². The summed E-state index contributed by atoms with van der Waals surface area (Å²) in [6.45, 7) is 11.9. The second kappa shape index (κ2) is 7.83. The van der Waals surface area contributed by atoms with Crippen LogP contribution in [0.25, 0.3) is 11.6 Å². The van der Waals surface area contributed by atoms with Gasteiger partial charge < -0.3 is 24.8 Å². The molecule has 0 heterocycles. The van der Waals surface area contributed by atoms with E-state index in [1.807, 2.05) is 0 Å². The first-order chi connectivity index (χ1) is 7.73. The minimum Gasteiger partial charge on any atom is -1.00 e. The summed E-state index contributed by atoms with van der Waals surface area (Å²) in [6, 6.07) is 8.69. The second-order valence-corrected chi connectivity index (χ2v) is 12.9. The third-order valence-corrected chi connectivity index (χ3v) is 9.07.